The van der Waals surface area contributed by atoms with E-state index in [4.69, 9.17) is 4.74 Å². The van der Waals surface area contributed by atoms with Gasteiger partial charge in [-0.2, -0.15) is 0 Å². The van der Waals surface area contributed by atoms with Gasteiger partial charge in [-0.1, -0.05) is 25.1 Å². The average molecular weight is 370 g/mol. The monoisotopic (exact) mass is 370 g/mol. The normalized spacial score (nSPS) is 13.1. The van der Waals surface area contributed by atoms with E-state index >= 15 is 0 Å². The van der Waals surface area contributed by atoms with Gasteiger partial charge in [-0.15, -0.1) is 0 Å². The van der Waals surface area contributed by atoms with E-state index < -0.39 is 0 Å². The standard InChI is InChI=1S/C20H26N4O3/c1-3-14-8-4-5-9-15(14)22-20(26)18-23-17(19(25)21-11-13-27-2)16-10-6-7-12-24(16)18/h4-5,8-9H,3,6-7,10-13H2,1-2H3,(H,21,25)(H,22,26). The van der Waals surface area contributed by atoms with Gasteiger partial charge in [-0.3, -0.25) is 9.59 Å². The Morgan fingerprint density at radius 1 is 1.22 bits per heavy atom. The lowest BCUT2D eigenvalue weighted by molar-refractivity contribution is 0.0931. The molecular weight excluding hydrogens is 344 g/mol. The zero-order valence-corrected chi connectivity index (χ0v) is 15.9. The molecule has 1 aliphatic rings. The van der Waals surface area contributed by atoms with Crippen molar-refractivity contribution >= 4 is 17.5 Å². The Kier molecular flexibility index (Phi) is 6.24. The van der Waals surface area contributed by atoms with Crippen molar-refractivity contribution in [3.8, 4) is 0 Å². The number of methoxy groups -OCH3 is 1. The van der Waals surface area contributed by atoms with E-state index in [2.05, 4.69) is 15.6 Å². The Hall–Kier alpha value is -2.67. The maximum atomic E-state index is 12.9. The first kappa shape index (κ1) is 19.1. The summed E-state index contributed by atoms with van der Waals surface area (Å²) in [5.74, 6) is -0.242. The Bertz CT molecular complexity index is 829. The first-order valence-electron chi connectivity index (χ1n) is 9.41. The number of hydrogen-bond acceptors (Lipinski definition) is 4. The molecule has 1 aliphatic heterocycles. The maximum Gasteiger partial charge on any atom is 0.291 e. The fraction of sp³-hybridized carbons (Fsp3) is 0.450. The molecule has 0 radical (unpaired) electrons. The highest BCUT2D eigenvalue weighted by Crippen LogP contribution is 2.23. The lowest BCUT2D eigenvalue weighted by atomic mass is 10.1. The summed E-state index contributed by atoms with van der Waals surface area (Å²) in [4.78, 5) is 29.8. The first-order chi connectivity index (χ1) is 13.2. The summed E-state index contributed by atoms with van der Waals surface area (Å²) in [6.45, 7) is 3.59. The number of rotatable bonds is 7. The summed E-state index contributed by atoms with van der Waals surface area (Å²) in [5.41, 5.74) is 3.03. The van der Waals surface area contributed by atoms with Crippen LogP contribution in [-0.4, -0.2) is 41.6 Å². The second kappa shape index (κ2) is 8.81. The van der Waals surface area contributed by atoms with Crippen LogP contribution < -0.4 is 10.6 Å². The van der Waals surface area contributed by atoms with Crippen molar-refractivity contribution in [1.29, 1.82) is 0 Å². The van der Waals surface area contributed by atoms with Crippen LogP contribution in [0.5, 0.6) is 0 Å². The van der Waals surface area contributed by atoms with Crippen molar-refractivity contribution in [2.75, 3.05) is 25.6 Å². The van der Waals surface area contributed by atoms with Crippen molar-refractivity contribution < 1.29 is 14.3 Å². The predicted molar refractivity (Wildman–Crippen MR) is 103 cm³/mol. The molecular formula is C20H26N4O3. The highest BCUT2D eigenvalue weighted by atomic mass is 16.5. The van der Waals surface area contributed by atoms with E-state index in [0.29, 0.717) is 31.2 Å². The van der Waals surface area contributed by atoms with Gasteiger partial charge in [-0.05, 0) is 37.3 Å². The molecule has 7 nitrogen and oxygen atoms in total. The molecule has 1 aromatic carbocycles. The molecule has 0 atom stereocenters. The number of ether oxygens (including phenoxy) is 1. The smallest absolute Gasteiger partial charge is 0.291 e. The van der Waals surface area contributed by atoms with E-state index in [-0.39, 0.29) is 11.8 Å². The fourth-order valence-corrected chi connectivity index (χ4v) is 3.38. The highest BCUT2D eigenvalue weighted by molar-refractivity contribution is 6.04. The molecule has 0 saturated heterocycles. The largest absolute Gasteiger partial charge is 0.383 e. The van der Waals surface area contributed by atoms with Crippen molar-refractivity contribution in [1.82, 2.24) is 14.9 Å². The molecule has 144 valence electrons. The number of nitrogens with one attached hydrogen (secondary N) is 2. The summed E-state index contributed by atoms with van der Waals surface area (Å²) < 4.78 is 6.86. The van der Waals surface area contributed by atoms with Crippen LogP contribution in [0.25, 0.3) is 0 Å². The molecule has 0 bridgehead atoms. The van der Waals surface area contributed by atoms with Gasteiger partial charge in [0, 0.05) is 25.9 Å². The molecule has 0 saturated carbocycles. The number of imidazole rings is 1. The molecule has 27 heavy (non-hydrogen) atoms. The zero-order valence-electron chi connectivity index (χ0n) is 15.9. The van der Waals surface area contributed by atoms with Gasteiger partial charge in [0.2, 0.25) is 0 Å². The third-order valence-electron chi connectivity index (χ3n) is 4.77. The minimum atomic E-state index is -0.282. The van der Waals surface area contributed by atoms with Gasteiger partial charge < -0.3 is 19.9 Å². The number of amides is 2. The molecule has 0 aliphatic carbocycles. The van der Waals surface area contributed by atoms with Crippen molar-refractivity contribution in [2.24, 2.45) is 0 Å². The SMILES string of the molecule is CCc1ccccc1NC(=O)c1nc(C(=O)NCCOC)c2n1CCCC2. The molecule has 0 spiro atoms. The number of carbonyl (C=O) groups excluding carboxylic acids is 2. The molecule has 0 unspecified atom stereocenters. The quantitative estimate of drug-likeness (QED) is 0.733. The third-order valence-corrected chi connectivity index (χ3v) is 4.77. The van der Waals surface area contributed by atoms with Gasteiger partial charge in [0.15, 0.2) is 5.82 Å². The number of aryl methyl sites for hydroxylation is 1. The summed E-state index contributed by atoms with van der Waals surface area (Å²) in [7, 11) is 1.58. The maximum absolute atomic E-state index is 12.9. The summed E-state index contributed by atoms with van der Waals surface area (Å²) in [6, 6.07) is 7.72. The Morgan fingerprint density at radius 2 is 2.04 bits per heavy atom. The third kappa shape index (κ3) is 4.19. The molecule has 0 fully saturated rings. The molecule has 1 aromatic heterocycles. The van der Waals surface area contributed by atoms with Crippen LogP contribution in [0.2, 0.25) is 0 Å². The second-order valence-electron chi connectivity index (χ2n) is 6.55. The zero-order chi connectivity index (χ0) is 19.2. The second-order valence-corrected chi connectivity index (χ2v) is 6.55. The molecule has 3 rings (SSSR count). The molecule has 2 aromatic rings. The van der Waals surface area contributed by atoms with Crippen molar-refractivity contribution in [2.45, 2.75) is 39.2 Å². The van der Waals surface area contributed by atoms with Crippen molar-refractivity contribution in [3.63, 3.8) is 0 Å². The van der Waals surface area contributed by atoms with Gasteiger partial charge in [-0.25, -0.2) is 4.98 Å². The Morgan fingerprint density at radius 3 is 2.81 bits per heavy atom. The van der Waals surface area contributed by atoms with Gasteiger partial charge in [0.1, 0.15) is 5.69 Å². The number of carbonyl (C=O) groups is 2. The number of nitrogens with zero attached hydrogens (tertiary/aromatic N) is 2. The topological polar surface area (TPSA) is 85.2 Å². The van der Waals surface area contributed by atoms with Gasteiger partial charge in [0.25, 0.3) is 11.8 Å². The van der Waals surface area contributed by atoms with Crippen LogP contribution in [0.1, 0.15) is 52.1 Å². The van der Waals surface area contributed by atoms with E-state index in [1.807, 2.05) is 35.8 Å². The summed E-state index contributed by atoms with van der Waals surface area (Å²) >= 11 is 0. The number of para-hydroxylation sites is 1. The predicted octanol–water partition coefficient (Wildman–Crippen LogP) is 2.41. The summed E-state index contributed by atoms with van der Waals surface area (Å²) in [6.07, 6.45) is 3.53. The number of aromatic nitrogens is 2. The van der Waals surface area contributed by atoms with Crippen LogP contribution in [-0.2, 0) is 24.1 Å². The minimum Gasteiger partial charge on any atom is -0.383 e. The van der Waals surface area contributed by atoms with Crippen LogP contribution >= 0.6 is 0 Å². The molecule has 2 amide bonds. The summed E-state index contributed by atoms with van der Waals surface area (Å²) in [5, 5.41) is 5.76. The van der Waals surface area contributed by atoms with Crippen LogP contribution in [0, 0.1) is 0 Å². The van der Waals surface area contributed by atoms with Crippen LogP contribution in [0.3, 0.4) is 0 Å². The van der Waals surface area contributed by atoms with Crippen LogP contribution in [0.4, 0.5) is 5.69 Å². The average Bonchev–Trinajstić information content (AvgIpc) is 3.08. The lowest BCUT2D eigenvalue weighted by Gasteiger charge is -2.17. The lowest BCUT2D eigenvalue weighted by Crippen LogP contribution is -2.28. The van der Waals surface area contributed by atoms with E-state index in [9.17, 15) is 9.59 Å². The number of anilines is 1. The number of benzene rings is 1. The molecule has 7 heteroatoms. The minimum absolute atomic E-state index is 0.259. The van der Waals surface area contributed by atoms with Crippen LogP contribution in [0.15, 0.2) is 24.3 Å². The Balaban J connectivity index is 1.86. The molecule has 2 heterocycles. The first-order valence-corrected chi connectivity index (χ1v) is 9.41. The number of fused-ring (bicyclic) bond motifs is 1. The Labute approximate surface area is 159 Å². The van der Waals surface area contributed by atoms with E-state index in [1.54, 1.807) is 7.11 Å². The highest BCUT2D eigenvalue weighted by Gasteiger charge is 2.27. The fourth-order valence-electron chi connectivity index (χ4n) is 3.38. The van der Waals surface area contributed by atoms with Crippen molar-refractivity contribution in [3.05, 3.63) is 47.0 Å². The number of hydrogen-bond donors (Lipinski definition) is 2. The molecule has 2 N–H and O–H groups in total. The van der Waals surface area contributed by atoms with E-state index in [1.165, 1.54) is 0 Å². The van der Waals surface area contributed by atoms with E-state index in [0.717, 1.165) is 42.6 Å². The van der Waals surface area contributed by atoms with Gasteiger partial charge in [0.05, 0.1) is 12.3 Å². The van der Waals surface area contributed by atoms with Gasteiger partial charge >= 0.3 is 0 Å².